The molecule has 0 saturated heterocycles. The molecule has 0 aromatic carbocycles. The average Bonchev–Trinajstić information content (AvgIpc) is 2.10. The van der Waals surface area contributed by atoms with Crippen molar-refractivity contribution in [1.29, 1.82) is 0 Å². The van der Waals surface area contributed by atoms with Crippen LogP contribution in [0, 0.1) is 0 Å². The zero-order valence-corrected chi connectivity index (χ0v) is 8.12. The molecular weight excluding hydrogens is 156 g/mol. The normalized spacial score (nSPS) is 18.8. The van der Waals surface area contributed by atoms with Gasteiger partial charge < -0.3 is 0 Å². The third-order valence-electron chi connectivity index (χ3n) is 1.38. The summed E-state index contributed by atoms with van der Waals surface area (Å²) in [5.41, 5.74) is 0. The Hall–Kier alpha value is -0.240. The molecule has 0 heterocycles. The van der Waals surface area contributed by atoms with Crippen molar-refractivity contribution in [3.8, 4) is 0 Å². The molecule has 0 radical (unpaired) electrons. The number of thioether (sulfide) groups is 1. The lowest BCUT2D eigenvalue weighted by molar-refractivity contribution is -0.114. The molecule has 1 nitrogen and oxygen atoms in total. The number of allylic oxidation sites excluding steroid dienone is 2. The first-order valence-corrected chi connectivity index (χ1v) is 4.71. The lowest BCUT2D eigenvalue weighted by Crippen LogP contribution is -2.06. The highest BCUT2D eigenvalue weighted by atomic mass is 32.2. The van der Waals surface area contributed by atoms with E-state index in [2.05, 4.69) is 20.8 Å². The SMILES string of the molecule is CC(C)(C)SC1=CC(=O)CC1. The molecule has 0 saturated carbocycles. The van der Waals surface area contributed by atoms with Crippen LogP contribution in [0.5, 0.6) is 0 Å². The highest BCUT2D eigenvalue weighted by Crippen LogP contribution is 2.36. The summed E-state index contributed by atoms with van der Waals surface area (Å²) in [4.78, 5) is 12.1. The Labute approximate surface area is 72.2 Å². The lowest BCUT2D eigenvalue weighted by Gasteiger charge is -2.17. The molecule has 11 heavy (non-hydrogen) atoms. The van der Waals surface area contributed by atoms with E-state index in [9.17, 15) is 4.79 Å². The molecule has 0 bridgehead atoms. The Morgan fingerprint density at radius 3 is 2.36 bits per heavy atom. The Morgan fingerprint density at radius 1 is 1.36 bits per heavy atom. The number of ketones is 1. The molecular formula is C9H14OS. The summed E-state index contributed by atoms with van der Waals surface area (Å²) in [6, 6.07) is 0. The van der Waals surface area contributed by atoms with E-state index in [1.165, 1.54) is 4.91 Å². The predicted molar refractivity (Wildman–Crippen MR) is 49.7 cm³/mol. The standard InChI is InChI=1S/C9H14OS/c1-9(2,3)11-8-5-4-7(10)6-8/h6H,4-5H2,1-3H3. The second kappa shape index (κ2) is 3.02. The average molecular weight is 170 g/mol. The molecule has 1 aliphatic rings. The van der Waals surface area contributed by atoms with Crippen LogP contribution in [-0.2, 0) is 4.79 Å². The van der Waals surface area contributed by atoms with E-state index in [-0.39, 0.29) is 10.5 Å². The number of hydrogen-bond donors (Lipinski definition) is 0. The molecule has 1 aliphatic carbocycles. The summed E-state index contributed by atoms with van der Waals surface area (Å²) in [7, 11) is 0. The van der Waals surface area contributed by atoms with Crippen molar-refractivity contribution in [2.24, 2.45) is 0 Å². The zero-order chi connectivity index (χ0) is 8.48. The van der Waals surface area contributed by atoms with Crippen LogP contribution in [0.4, 0.5) is 0 Å². The molecule has 0 aromatic rings. The molecule has 0 aliphatic heterocycles. The Kier molecular flexibility index (Phi) is 2.43. The van der Waals surface area contributed by atoms with Crippen LogP contribution < -0.4 is 0 Å². The van der Waals surface area contributed by atoms with Crippen molar-refractivity contribution in [2.45, 2.75) is 38.4 Å². The van der Waals surface area contributed by atoms with Crippen molar-refractivity contribution in [2.75, 3.05) is 0 Å². The molecule has 0 atom stereocenters. The molecule has 0 fully saturated rings. The van der Waals surface area contributed by atoms with Crippen molar-refractivity contribution < 1.29 is 4.79 Å². The van der Waals surface area contributed by atoms with E-state index in [1.807, 2.05) is 11.8 Å². The lowest BCUT2D eigenvalue weighted by atomic mass is 10.3. The van der Waals surface area contributed by atoms with Crippen LogP contribution in [0.15, 0.2) is 11.0 Å². The minimum atomic E-state index is 0.246. The van der Waals surface area contributed by atoms with Crippen LogP contribution in [0.2, 0.25) is 0 Å². The van der Waals surface area contributed by atoms with Gasteiger partial charge in [-0.2, -0.15) is 0 Å². The minimum absolute atomic E-state index is 0.246. The Balaban J connectivity index is 2.51. The van der Waals surface area contributed by atoms with Crippen molar-refractivity contribution in [1.82, 2.24) is 0 Å². The quantitative estimate of drug-likeness (QED) is 0.602. The largest absolute Gasteiger partial charge is 0.295 e. The molecule has 0 unspecified atom stereocenters. The van der Waals surface area contributed by atoms with Gasteiger partial charge in [0.25, 0.3) is 0 Å². The van der Waals surface area contributed by atoms with E-state index < -0.39 is 0 Å². The smallest absolute Gasteiger partial charge is 0.156 e. The van der Waals surface area contributed by atoms with Gasteiger partial charge in [-0.25, -0.2) is 0 Å². The fourth-order valence-electron chi connectivity index (χ4n) is 1.04. The minimum Gasteiger partial charge on any atom is -0.295 e. The molecule has 0 N–H and O–H groups in total. The second-order valence-electron chi connectivity index (χ2n) is 3.79. The van der Waals surface area contributed by atoms with E-state index in [0.29, 0.717) is 0 Å². The topological polar surface area (TPSA) is 17.1 Å². The van der Waals surface area contributed by atoms with Crippen molar-refractivity contribution in [3.63, 3.8) is 0 Å². The molecule has 1 rings (SSSR count). The molecule has 62 valence electrons. The first-order chi connectivity index (χ1) is 4.97. The predicted octanol–water partition coefficient (Wildman–Crippen LogP) is 2.76. The molecule has 2 heteroatoms. The van der Waals surface area contributed by atoms with Gasteiger partial charge in [0.05, 0.1) is 0 Å². The van der Waals surface area contributed by atoms with Gasteiger partial charge in [-0.1, -0.05) is 20.8 Å². The molecule has 0 aromatic heterocycles. The highest BCUT2D eigenvalue weighted by Gasteiger charge is 2.18. The summed E-state index contributed by atoms with van der Waals surface area (Å²) in [6.45, 7) is 6.50. The monoisotopic (exact) mass is 170 g/mol. The van der Waals surface area contributed by atoms with Gasteiger partial charge in [-0.15, -0.1) is 11.8 Å². The van der Waals surface area contributed by atoms with Crippen molar-refractivity contribution in [3.05, 3.63) is 11.0 Å². The maximum atomic E-state index is 10.8. The van der Waals surface area contributed by atoms with Crippen LogP contribution in [0.1, 0.15) is 33.6 Å². The molecule has 0 spiro atoms. The van der Waals surface area contributed by atoms with Gasteiger partial charge in [-0.3, -0.25) is 4.79 Å². The van der Waals surface area contributed by atoms with Crippen LogP contribution in [-0.4, -0.2) is 10.5 Å². The third kappa shape index (κ3) is 3.10. The first kappa shape index (κ1) is 8.85. The Bertz CT molecular complexity index is 198. The van der Waals surface area contributed by atoms with Gasteiger partial charge in [0, 0.05) is 11.2 Å². The fraction of sp³-hybridized carbons (Fsp3) is 0.667. The highest BCUT2D eigenvalue weighted by molar-refractivity contribution is 8.04. The van der Waals surface area contributed by atoms with Crippen molar-refractivity contribution >= 4 is 17.5 Å². The number of carbonyl (C=O) groups excluding carboxylic acids is 1. The summed E-state index contributed by atoms with van der Waals surface area (Å²) < 4.78 is 0.246. The van der Waals surface area contributed by atoms with Gasteiger partial charge in [-0.05, 0) is 17.4 Å². The number of hydrogen-bond acceptors (Lipinski definition) is 2. The summed E-state index contributed by atoms with van der Waals surface area (Å²) in [5.74, 6) is 0.289. The summed E-state index contributed by atoms with van der Waals surface area (Å²) in [5, 5.41) is 0. The van der Waals surface area contributed by atoms with E-state index >= 15 is 0 Å². The van der Waals surface area contributed by atoms with Crippen LogP contribution in [0.25, 0.3) is 0 Å². The summed E-state index contributed by atoms with van der Waals surface area (Å²) in [6.07, 6.45) is 3.47. The maximum absolute atomic E-state index is 10.8. The van der Waals surface area contributed by atoms with Crippen LogP contribution in [0.3, 0.4) is 0 Å². The van der Waals surface area contributed by atoms with Gasteiger partial charge in [0.2, 0.25) is 0 Å². The molecule has 0 amide bonds. The van der Waals surface area contributed by atoms with Crippen LogP contribution >= 0.6 is 11.8 Å². The number of carbonyl (C=O) groups is 1. The van der Waals surface area contributed by atoms with E-state index in [1.54, 1.807) is 6.08 Å². The Morgan fingerprint density at radius 2 is 2.00 bits per heavy atom. The van der Waals surface area contributed by atoms with Gasteiger partial charge in [0.1, 0.15) is 0 Å². The van der Waals surface area contributed by atoms with Gasteiger partial charge >= 0.3 is 0 Å². The third-order valence-corrected chi connectivity index (χ3v) is 2.57. The second-order valence-corrected chi connectivity index (χ2v) is 5.74. The van der Waals surface area contributed by atoms with E-state index in [0.717, 1.165) is 12.8 Å². The zero-order valence-electron chi connectivity index (χ0n) is 7.31. The first-order valence-electron chi connectivity index (χ1n) is 3.90. The maximum Gasteiger partial charge on any atom is 0.156 e. The number of rotatable bonds is 1. The van der Waals surface area contributed by atoms with E-state index in [4.69, 9.17) is 0 Å². The van der Waals surface area contributed by atoms with Gasteiger partial charge in [0.15, 0.2) is 5.78 Å². The summed E-state index contributed by atoms with van der Waals surface area (Å²) >= 11 is 1.81. The fourth-order valence-corrected chi connectivity index (χ4v) is 2.23.